The molecule has 0 saturated carbocycles. The molecule has 0 aromatic heterocycles. The fourth-order valence-electron chi connectivity index (χ4n) is 3.40. The predicted molar refractivity (Wildman–Crippen MR) is 82.1 cm³/mol. The van der Waals surface area contributed by atoms with Gasteiger partial charge in [-0.25, -0.2) is 0 Å². The first kappa shape index (κ1) is 15.8. The maximum absolute atomic E-state index is 12.7. The van der Waals surface area contributed by atoms with Crippen LogP contribution >= 0.6 is 0 Å². The molecule has 0 amide bonds. The zero-order valence-corrected chi connectivity index (χ0v) is 13.1. The molecule has 0 bridgehead atoms. The Labute approximate surface area is 133 Å². The molecule has 2 N–H and O–H groups in total. The molecule has 3 atom stereocenters. The molecule has 1 aromatic carbocycles. The van der Waals surface area contributed by atoms with Crippen molar-refractivity contribution >= 4 is 17.5 Å². The van der Waals surface area contributed by atoms with Crippen molar-refractivity contribution in [3.8, 4) is 0 Å². The number of hydrogen-bond acceptors (Lipinski definition) is 6. The Morgan fingerprint density at radius 1 is 1.35 bits per heavy atom. The van der Waals surface area contributed by atoms with Gasteiger partial charge in [-0.2, -0.15) is 0 Å². The Bertz CT molecular complexity index is 713. The van der Waals surface area contributed by atoms with Gasteiger partial charge in [-0.1, -0.05) is 37.6 Å². The number of ketones is 1. The minimum Gasteiger partial charge on any atom is -0.465 e. The van der Waals surface area contributed by atoms with Gasteiger partial charge in [-0.3, -0.25) is 14.6 Å². The lowest BCUT2D eigenvalue weighted by molar-refractivity contribution is -0.165. The standard InChI is InChI=1S/C17H19NO5/c1-3-4-9-23-15(20)13-10(2)18-17(22)12-8-6-5-7-11(12)14(19)16(13,17)21/h5-8,13,21-22H,3-4,9H2,1-2H3/t13-,16-,17-/m1/s1. The Morgan fingerprint density at radius 2 is 2.04 bits per heavy atom. The lowest BCUT2D eigenvalue weighted by atomic mass is 9.79. The first-order chi connectivity index (χ1) is 10.9. The number of nitrogens with zero attached hydrogens (tertiary/aromatic N) is 1. The van der Waals surface area contributed by atoms with E-state index < -0.39 is 29.0 Å². The highest BCUT2D eigenvalue weighted by Crippen LogP contribution is 2.53. The lowest BCUT2D eigenvalue weighted by Gasteiger charge is -2.31. The first-order valence-corrected chi connectivity index (χ1v) is 7.70. The van der Waals surface area contributed by atoms with Gasteiger partial charge < -0.3 is 14.9 Å². The number of unbranched alkanes of at least 4 members (excludes halogenated alkanes) is 1. The summed E-state index contributed by atoms with van der Waals surface area (Å²) in [6.07, 6.45) is 1.54. The summed E-state index contributed by atoms with van der Waals surface area (Å²) in [6, 6.07) is 6.33. The zero-order valence-electron chi connectivity index (χ0n) is 13.1. The summed E-state index contributed by atoms with van der Waals surface area (Å²) in [7, 11) is 0. The highest BCUT2D eigenvalue weighted by molar-refractivity contribution is 6.18. The second-order valence-corrected chi connectivity index (χ2v) is 6.02. The van der Waals surface area contributed by atoms with E-state index in [2.05, 4.69) is 4.99 Å². The van der Waals surface area contributed by atoms with Crippen molar-refractivity contribution < 1.29 is 24.5 Å². The molecular formula is C17H19NO5. The van der Waals surface area contributed by atoms with E-state index in [0.717, 1.165) is 6.42 Å². The summed E-state index contributed by atoms with van der Waals surface area (Å²) in [5, 5.41) is 21.9. The minimum absolute atomic E-state index is 0.181. The molecule has 0 spiro atoms. The Hall–Kier alpha value is -2.05. The maximum atomic E-state index is 12.7. The van der Waals surface area contributed by atoms with E-state index in [9.17, 15) is 19.8 Å². The number of hydrogen-bond donors (Lipinski definition) is 2. The summed E-state index contributed by atoms with van der Waals surface area (Å²) in [6.45, 7) is 3.67. The highest BCUT2D eigenvalue weighted by atomic mass is 16.5. The Kier molecular flexibility index (Phi) is 3.61. The van der Waals surface area contributed by atoms with E-state index in [4.69, 9.17) is 4.74 Å². The number of aliphatic hydroxyl groups is 2. The second-order valence-electron chi connectivity index (χ2n) is 6.02. The number of carbonyl (C=O) groups is 2. The normalized spacial score (nSPS) is 31.6. The SMILES string of the molecule is CCCCOC(=O)[C@H]1C(C)=N[C@@]2(O)c3ccccc3C(=O)[C@]12O. The van der Waals surface area contributed by atoms with Crippen LogP contribution in [0, 0.1) is 5.92 Å². The Morgan fingerprint density at radius 3 is 2.74 bits per heavy atom. The second kappa shape index (κ2) is 5.25. The summed E-state index contributed by atoms with van der Waals surface area (Å²) < 4.78 is 5.16. The van der Waals surface area contributed by atoms with Gasteiger partial charge in [0.2, 0.25) is 11.5 Å². The van der Waals surface area contributed by atoms with E-state index in [-0.39, 0.29) is 23.4 Å². The van der Waals surface area contributed by atoms with Crippen LogP contribution in [0.25, 0.3) is 0 Å². The average Bonchev–Trinajstić information content (AvgIpc) is 2.83. The molecule has 23 heavy (non-hydrogen) atoms. The van der Waals surface area contributed by atoms with Gasteiger partial charge in [-0.15, -0.1) is 0 Å². The number of esters is 1. The van der Waals surface area contributed by atoms with Crippen molar-refractivity contribution in [2.24, 2.45) is 10.9 Å². The van der Waals surface area contributed by atoms with Gasteiger partial charge in [0.15, 0.2) is 5.60 Å². The van der Waals surface area contributed by atoms with Crippen molar-refractivity contribution in [3.05, 3.63) is 35.4 Å². The molecule has 0 fully saturated rings. The smallest absolute Gasteiger partial charge is 0.318 e. The van der Waals surface area contributed by atoms with Gasteiger partial charge in [0, 0.05) is 16.8 Å². The molecule has 1 aliphatic carbocycles. The number of ether oxygens (including phenoxy) is 1. The van der Waals surface area contributed by atoms with Gasteiger partial charge >= 0.3 is 5.97 Å². The van der Waals surface area contributed by atoms with Gasteiger partial charge in [0.25, 0.3) is 0 Å². The van der Waals surface area contributed by atoms with E-state index in [1.807, 2.05) is 6.92 Å². The van der Waals surface area contributed by atoms with E-state index >= 15 is 0 Å². The van der Waals surface area contributed by atoms with Crippen LogP contribution in [0.2, 0.25) is 0 Å². The van der Waals surface area contributed by atoms with Gasteiger partial charge in [0.1, 0.15) is 5.92 Å². The molecule has 1 aliphatic heterocycles. The molecule has 1 aromatic rings. The molecule has 0 radical (unpaired) electrons. The van der Waals surface area contributed by atoms with Crippen molar-refractivity contribution in [1.29, 1.82) is 0 Å². The maximum Gasteiger partial charge on any atom is 0.318 e. The van der Waals surface area contributed by atoms with Crippen LogP contribution in [0.15, 0.2) is 29.3 Å². The van der Waals surface area contributed by atoms with Crippen molar-refractivity contribution in [2.45, 2.75) is 38.0 Å². The van der Waals surface area contributed by atoms with Crippen LogP contribution in [0.4, 0.5) is 0 Å². The molecule has 2 aliphatic rings. The monoisotopic (exact) mass is 317 g/mol. The molecule has 0 saturated heterocycles. The first-order valence-electron chi connectivity index (χ1n) is 7.70. The third-order valence-corrected chi connectivity index (χ3v) is 4.58. The van der Waals surface area contributed by atoms with E-state index in [0.29, 0.717) is 6.42 Å². The summed E-state index contributed by atoms with van der Waals surface area (Å²) in [4.78, 5) is 29.2. The Balaban J connectivity index is 2.03. The molecular weight excluding hydrogens is 298 g/mol. The number of rotatable bonds is 4. The third kappa shape index (κ3) is 1.91. The fourth-order valence-corrected chi connectivity index (χ4v) is 3.40. The number of carbonyl (C=O) groups excluding carboxylic acids is 2. The predicted octanol–water partition coefficient (Wildman–Crippen LogP) is 1.19. The lowest BCUT2D eigenvalue weighted by Crippen LogP contribution is -2.56. The van der Waals surface area contributed by atoms with E-state index in [1.165, 1.54) is 19.1 Å². The molecule has 6 heteroatoms. The van der Waals surface area contributed by atoms with Crippen molar-refractivity contribution in [3.63, 3.8) is 0 Å². The summed E-state index contributed by atoms with van der Waals surface area (Å²) in [5.41, 5.74) is -3.89. The quantitative estimate of drug-likeness (QED) is 0.642. The van der Waals surface area contributed by atoms with Crippen LogP contribution in [0.1, 0.15) is 42.6 Å². The van der Waals surface area contributed by atoms with Gasteiger partial charge in [-0.05, 0) is 13.3 Å². The fraction of sp³-hybridized carbons (Fsp3) is 0.471. The highest BCUT2D eigenvalue weighted by Gasteiger charge is 2.72. The van der Waals surface area contributed by atoms with Crippen LogP contribution < -0.4 is 0 Å². The number of Topliss-reactive ketones (excluding diaryl/α,β-unsaturated/α-hetero) is 1. The molecule has 0 unspecified atom stereocenters. The molecule has 3 rings (SSSR count). The molecule has 1 heterocycles. The molecule has 6 nitrogen and oxygen atoms in total. The zero-order chi connectivity index (χ0) is 16.8. The van der Waals surface area contributed by atoms with Crippen LogP contribution in [-0.2, 0) is 15.3 Å². The number of benzene rings is 1. The average molecular weight is 317 g/mol. The topological polar surface area (TPSA) is 96.2 Å². The van der Waals surface area contributed by atoms with Crippen molar-refractivity contribution in [2.75, 3.05) is 6.61 Å². The minimum atomic E-state index is -2.34. The summed E-state index contributed by atoms with van der Waals surface area (Å²) in [5.74, 6) is -2.74. The molecule has 122 valence electrons. The largest absolute Gasteiger partial charge is 0.465 e. The van der Waals surface area contributed by atoms with Crippen molar-refractivity contribution in [1.82, 2.24) is 0 Å². The number of fused-ring (bicyclic) bond motifs is 3. The third-order valence-electron chi connectivity index (χ3n) is 4.58. The number of aliphatic imine (C=N–C) groups is 1. The van der Waals surface area contributed by atoms with Crippen LogP contribution in [0.3, 0.4) is 0 Å². The van der Waals surface area contributed by atoms with Crippen LogP contribution in [-0.4, -0.2) is 39.9 Å². The van der Waals surface area contributed by atoms with Crippen LogP contribution in [0.5, 0.6) is 0 Å². The summed E-state index contributed by atoms with van der Waals surface area (Å²) >= 11 is 0. The van der Waals surface area contributed by atoms with Gasteiger partial charge in [0.05, 0.1) is 6.61 Å². The van der Waals surface area contributed by atoms with E-state index in [1.54, 1.807) is 12.1 Å².